The molecule has 2 N–H and O–H groups in total. The van der Waals surface area contributed by atoms with Gasteiger partial charge >= 0.3 is 5.97 Å². The highest BCUT2D eigenvalue weighted by Crippen LogP contribution is 2.44. The van der Waals surface area contributed by atoms with Crippen molar-refractivity contribution < 1.29 is 19.8 Å². The van der Waals surface area contributed by atoms with Crippen LogP contribution in [0.5, 0.6) is 5.75 Å². The van der Waals surface area contributed by atoms with E-state index in [4.69, 9.17) is 5.11 Å². The summed E-state index contributed by atoms with van der Waals surface area (Å²) in [5.74, 6) is -0.543. The summed E-state index contributed by atoms with van der Waals surface area (Å²) >= 11 is 0. The van der Waals surface area contributed by atoms with Crippen LogP contribution in [-0.2, 0) is 9.59 Å². The molecule has 1 saturated carbocycles. The van der Waals surface area contributed by atoms with Gasteiger partial charge in [-0.05, 0) is 48.9 Å². The van der Waals surface area contributed by atoms with E-state index in [1.807, 2.05) is 0 Å². The van der Waals surface area contributed by atoms with Crippen molar-refractivity contribution in [1.29, 1.82) is 0 Å². The molecule has 21 heavy (non-hydrogen) atoms. The van der Waals surface area contributed by atoms with Crippen molar-refractivity contribution in [3.05, 3.63) is 36.4 Å². The van der Waals surface area contributed by atoms with Crippen molar-refractivity contribution >= 4 is 17.6 Å². The van der Waals surface area contributed by atoms with Gasteiger partial charge in [0.15, 0.2) is 0 Å². The van der Waals surface area contributed by atoms with E-state index in [-0.39, 0.29) is 30.0 Å². The molecule has 5 nitrogen and oxygen atoms in total. The van der Waals surface area contributed by atoms with Crippen molar-refractivity contribution in [2.75, 3.05) is 11.4 Å². The van der Waals surface area contributed by atoms with Crippen LogP contribution in [0.3, 0.4) is 0 Å². The second kappa shape index (κ2) is 5.24. The van der Waals surface area contributed by atoms with Crippen LogP contribution < -0.4 is 4.90 Å². The Morgan fingerprint density at radius 2 is 1.86 bits per heavy atom. The molecule has 0 aromatic heterocycles. The quantitative estimate of drug-likeness (QED) is 0.831. The molecule has 110 valence electrons. The van der Waals surface area contributed by atoms with Gasteiger partial charge in [0.2, 0.25) is 5.91 Å². The number of amides is 1. The van der Waals surface area contributed by atoms with Crippen molar-refractivity contribution in [2.24, 2.45) is 17.8 Å². The number of allylic oxidation sites excluding steroid dienone is 2. The Morgan fingerprint density at radius 3 is 2.38 bits per heavy atom. The molecule has 1 fully saturated rings. The molecular weight excluding hydrogens is 270 g/mol. The first-order valence-corrected chi connectivity index (χ1v) is 7.05. The number of carbonyl (C=O) groups excluding carboxylic acids is 1. The van der Waals surface area contributed by atoms with Gasteiger partial charge in [-0.25, -0.2) is 0 Å². The van der Waals surface area contributed by atoms with Crippen LogP contribution in [-0.4, -0.2) is 28.6 Å². The van der Waals surface area contributed by atoms with Crippen LogP contribution in [0.1, 0.15) is 12.8 Å². The van der Waals surface area contributed by atoms with Crippen LogP contribution in [0.15, 0.2) is 36.4 Å². The van der Waals surface area contributed by atoms with Gasteiger partial charge in [-0.2, -0.15) is 0 Å². The summed E-state index contributed by atoms with van der Waals surface area (Å²) < 4.78 is 0. The summed E-state index contributed by atoms with van der Waals surface area (Å²) in [5.41, 5.74) is 0.506. The fourth-order valence-corrected chi connectivity index (χ4v) is 3.33. The monoisotopic (exact) mass is 287 g/mol. The summed E-state index contributed by atoms with van der Waals surface area (Å²) in [6, 6.07) is 6.05. The fraction of sp³-hybridized carbons (Fsp3) is 0.375. The number of carbonyl (C=O) groups is 2. The van der Waals surface area contributed by atoms with Crippen molar-refractivity contribution in [2.45, 2.75) is 12.8 Å². The molecule has 0 saturated heterocycles. The van der Waals surface area contributed by atoms with Crippen LogP contribution in [0.2, 0.25) is 0 Å². The second-order valence-electron chi connectivity index (χ2n) is 5.72. The van der Waals surface area contributed by atoms with E-state index in [2.05, 4.69) is 12.2 Å². The van der Waals surface area contributed by atoms with Gasteiger partial charge in [0.05, 0.1) is 0 Å². The van der Waals surface area contributed by atoms with E-state index in [9.17, 15) is 14.7 Å². The highest BCUT2D eigenvalue weighted by Gasteiger charge is 2.42. The normalized spacial score (nSPS) is 26.0. The predicted molar refractivity (Wildman–Crippen MR) is 76.9 cm³/mol. The van der Waals surface area contributed by atoms with E-state index in [0.717, 1.165) is 12.8 Å². The molecule has 0 radical (unpaired) electrons. The van der Waals surface area contributed by atoms with E-state index in [1.165, 1.54) is 17.0 Å². The summed E-state index contributed by atoms with van der Waals surface area (Å²) in [6.45, 7) is -0.360. The second-order valence-corrected chi connectivity index (χ2v) is 5.72. The number of phenolic OH excluding ortho intramolecular Hbond substituents is 1. The Hall–Kier alpha value is -2.30. The maximum absolute atomic E-state index is 12.7. The minimum absolute atomic E-state index is 0.0873. The first-order chi connectivity index (χ1) is 10.0. The number of aliphatic carboxylic acids is 1. The first kappa shape index (κ1) is 13.7. The zero-order valence-corrected chi connectivity index (χ0v) is 11.5. The Balaban J connectivity index is 1.85. The number of hydrogen-bond donors (Lipinski definition) is 2. The van der Waals surface area contributed by atoms with Crippen molar-refractivity contribution in [3.8, 4) is 5.75 Å². The molecule has 0 heterocycles. The molecule has 3 unspecified atom stereocenters. The average molecular weight is 287 g/mol. The number of rotatable bonds is 4. The number of aromatic hydroxyl groups is 1. The third kappa shape index (κ3) is 2.63. The number of carboxylic acids is 1. The Kier molecular flexibility index (Phi) is 3.41. The van der Waals surface area contributed by atoms with Crippen molar-refractivity contribution in [1.82, 2.24) is 0 Å². The lowest BCUT2D eigenvalue weighted by Gasteiger charge is -2.27. The number of fused-ring (bicyclic) bond motifs is 2. The van der Waals surface area contributed by atoms with Gasteiger partial charge in [0, 0.05) is 11.6 Å². The zero-order chi connectivity index (χ0) is 15.0. The topological polar surface area (TPSA) is 77.8 Å². The number of hydrogen-bond acceptors (Lipinski definition) is 3. The zero-order valence-electron chi connectivity index (χ0n) is 11.5. The molecule has 3 rings (SSSR count). The molecule has 5 heteroatoms. The molecule has 0 aliphatic heterocycles. The molecule has 3 atom stereocenters. The van der Waals surface area contributed by atoms with Crippen LogP contribution >= 0.6 is 0 Å². The standard InChI is InChI=1S/C16H17NO4/c18-13-5-3-12(4-6-13)17(9-15(19)20)16(21)14-8-10-1-2-11(14)7-10/h1-6,10-11,14,18H,7-9H2,(H,19,20). The summed E-state index contributed by atoms with van der Waals surface area (Å²) in [4.78, 5) is 25.1. The smallest absolute Gasteiger partial charge is 0.323 e. The summed E-state index contributed by atoms with van der Waals surface area (Å²) in [6.07, 6.45) is 6.02. The predicted octanol–water partition coefficient (Wildman–Crippen LogP) is 2.02. The van der Waals surface area contributed by atoms with Crippen LogP contribution in [0, 0.1) is 17.8 Å². The number of phenols is 1. The highest BCUT2D eigenvalue weighted by atomic mass is 16.4. The molecule has 2 aliphatic carbocycles. The minimum Gasteiger partial charge on any atom is -0.508 e. The van der Waals surface area contributed by atoms with E-state index in [1.54, 1.807) is 12.1 Å². The third-order valence-corrected chi connectivity index (χ3v) is 4.32. The lowest BCUT2D eigenvalue weighted by molar-refractivity contribution is -0.137. The fourth-order valence-electron chi connectivity index (χ4n) is 3.33. The third-order valence-electron chi connectivity index (χ3n) is 4.32. The van der Waals surface area contributed by atoms with Gasteiger partial charge in [-0.15, -0.1) is 0 Å². The van der Waals surface area contributed by atoms with E-state index < -0.39 is 5.97 Å². The Labute approximate surface area is 122 Å². The van der Waals surface area contributed by atoms with Gasteiger partial charge in [0.1, 0.15) is 12.3 Å². The molecule has 2 aliphatic rings. The molecule has 1 amide bonds. The molecule has 1 aromatic carbocycles. The molecule has 2 bridgehead atoms. The number of carboxylic acid groups (broad SMARTS) is 1. The van der Waals surface area contributed by atoms with Crippen molar-refractivity contribution in [3.63, 3.8) is 0 Å². The largest absolute Gasteiger partial charge is 0.508 e. The summed E-state index contributed by atoms with van der Waals surface area (Å²) in [7, 11) is 0. The lowest BCUT2D eigenvalue weighted by atomic mass is 9.92. The number of benzene rings is 1. The number of nitrogens with zero attached hydrogens (tertiary/aromatic N) is 1. The molecule has 0 spiro atoms. The highest BCUT2D eigenvalue weighted by molar-refractivity contribution is 5.99. The minimum atomic E-state index is -1.05. The van der Waals surface area contributed by atoms with Crippen LogP contribution in [0.25, 0.3) is 0 Å². The van der Waals surface area contributed by atoms with E-state index >= 15 is 0 Å². The van der Waals surface area contributed by atoms with E-state index in [0.29, 0.717) is 11.6 Å². The Bertz CT molecular complexity index is 593. The summed E-state index contributed by atoms with van der Waals surface area (Å²) in [5, 5.41) is 18.4. The average Bonchev–Trinajstić information content (AvgIpc) is 3.07. The maximum atomic E-state index is 12.7. The van der Waals surface area contributed by atoms with Gasteiger partial charge in [-0.1, -0.05) is 12.2 Å². The van der Waals surface area contributed by atoms with Gasteiger partial charge in [0.25, 0.3) is 0 Å². The van der Waals surface area contributed by atoms with Gasteiger partial charge in [-0.3, -0.25) is 9.59 Å². The number of anilines is 1. The first-order valence-electron chi connectivity index (χ1n) is 7.05. The van der Waals surface area contributed by atoms with Crippen LogP contribution in [0.4, 0.5) is 5.69 Å². The maximum Gasteiger partial charge on any atom is 0.323 e. The lowest BCUT2D eigenvalue weighted by Crippen LogP contribution is -2.41. The Morgan fingerprint density at radius 1 is 1.14 bits per heavy atom. The van der Waals surface area contributed by atoms with Gasteiger partial charge < -0.3 is 15.1 Å². The SMILES string of the molecule is O=C(O)CN(C(=O)C1CC2C=CC1C2)c1ccc(O)cc1. The molecule has 1 aromatic rings. The molecular formula is C16H17NO4.